The molecule has 32 heavy (non-hydrogen) atoms. The van der Waals surface area contributed by atoms with E-state index in [4.69, 9.17) is 21.1 Å². The third-order valence-corrected chi connectivity index (χ3v) is 5.61. The first kappa shape index (κ1) is 23.5. The van der Waals surface area contributed by atoms with E-state index in [1.165, 1.54) is 24.1 Å². The molecule has 1 aliphatic heterocycles. The Morgan fingerprint density at radius 2 is 1.88 bits per heavy atom. The summed E-state index contributed by atoms with van der Waals surface area (Å²) in [6.45, 7) is 4.44. The minimum absolute atomic E-state index is 0.0412. The average molecular weight is 460 g/mol. The molecule has 1 atom stereocenters. The van der Waals surface area contributed by atoms with E-state index in [0.717, 1.165) is 6.42 Å². The molecule has 8 heteroatoms. The molecule has 0 aliphatic carbocycles. The monoisotopic (exact) mass is 459 g/mol. The number of ether oxygens (including phenoxy) is 2. The highest BCUT2D eigenvalue weighted by Crippen LogP contribution is 2.42. The van der Waals surface area contributed by atoms with Gasteiger partial charge in [-0.3, -0.25) is 9.59 Å². The maximum Gasteiger partial charge on any atom is 0.295 e. The van der Waals surface area contributed by atoms with Gasteiger partial charge in [-0.25, -0.2) is 0 Å². The number of Topliss-reactive ketones (excluding diaryl/α,β-unsaturated/α-hetero) is 1. The number of aliphatic hydroxyl groups is 1. The Balaban J connectivity index is 2.19. The van der Waals surface area contributed by atoms with E-state index in [1.807, 2.05) is 6.92 Å². The van der Waals surface area contributed by atoms with Gasteiger partial charge >= 0.3 is 0 Å². The van der Waals surface area contributed by atoms with Crippen molar-refractivity contribution in [3.05, 3.63) is 58.1 Å². The van der Waals surface area contributed by atoms with Crippen LogP contribution in [-0.2, 0) is 9.59 Å². The van der Waals surface area contributed by atoms with E-state index in [1.54, 1.807) is 31.2 Å². The zero-order valence-corrected chi connectivity index (χ0v) is 19.0. The second kappa shape index (κ2) is 9.96. The number of ketones is 1. The van der Waals surface area contributed by atoms with Crippen LogP contribution in [0.2, 0.25) is 5.02 Å². The molecule has 0 aromatic heterocycles. The van der Waals surface area contributed by atoms with Crippen LogP contribution in [0.25, 0.3) is 5.76 Å². The van der Waals surface area contributed by atoms with Crippen LogP contribution in [0.15, 0.2) is 42.0 Å². The molecule has 1 saturated heterocycles. The van der Waals surface area contributed by atoms with E-state index >= 15 is 0 Å². The summed E-state index contributed by atoms with van der Waals surface area (Å²) < 4.78 is 10.6. The van der Waals surface area contributed by atoms with E-state index < -0.39 is 17.7 Å². The Hall–Kier alpha value is -3.19. The summed E-state index contributed by atoms with van der Waals surface area (Å²) in [7, 11) is 1.47. The fourth-order valence-electron chi connectivity index (χ4n) is 3.73. The predicted octanol–water partition coefficient (Wildman–Crippen LogP) is 4.67. The molecule has 1 unspecified atom stereocenters. The number of amides is 1. The summed E-state index contributed by atoms with van der Waals surface area (Å²) in [5.41, 5.74) is 0.793. The van der Waals surface area contributed by atoms with Crippen molar-refractivity contribution in [3.8, 4) is 17.2 Å². The van der Waals surface area contributed by atoms with Gasteiger partial charge in [0, 0.05) is 12.1 Å². The van der Waals surface area contributed by atoms with Gasteiger partial charge in [0.1, 0.15) is 11.5 Å². The van der Waals surface area contributed by atoms with Gasteiger partial charge in [0.2, 0.25) is 0 Å². The van der Waals surface area contributed by atoms with Gasteiger partial charge in [-0.1, -0.05) is 31.0 Å². The van der Waals surface area contributed by atoms with E-state index in [-0.39, 0.29) is 33.4 Å². The zero-order chi connectivity index (χ0) is 23.4. The third kappa shape index (κ3) is 4.39. The Morgan fingerprint density at radius 1 is 1.12 bits per heavy atom. The fourth-order valence-corrected chi connectivity index (χ4v) is 3.98. The van der Waals surface area contributed by atoms with Gasteiger partial charge in [-0.05, 0) is 49.2 Å². The number of aromatic hydroxyl groups is 1. The summed E-state index contributed by atoms with van der Waals surface area (Å²) in [5.74, 6) is -1.19. The van der Waals surface area contributed by atoms with Crippen molar-refractivity contribution in [3.63, 3.8) is 0 Å². The van der Waals surface area contributed by atoms with Crippen LogP contribution in [0.4, 0.5) is 0 Å². The van der Waals surface area contributed by atoms with Crippen molar-refractivity contribution in [1.29, 1.82) is 0 Å². The minimum atomic E-state index is -0.831. The lowest BCUT2D eigenvalue weighted by molar-refractivity contribution is -0.139. The van der Waals surface area contributed by atoms with Crippen molar-refractivity contribution in [2.45, 2.75) is 32.7 Å². The van der Waals surface area contributed by atoms with Crippen LogP contribution < -0.4 is 9.47 Å². The number of phenols is 1. The molecule has 2 N–H and O–H groups in total. The minimum Gasteiger partial charge on any atom is -0.507 e. The van der Waals surface area contributed by atoms with Gasteiger partial charge in [0.25, 0.3) is 11.7 Å². The van der Waals surface area contributed by atoms with Gasteiger partial charge in [0.05, 0.1) is 30.4 Å². The van der Waals surface area contributed by atoms with Crippen LogP contribution in [0, 0.1) is 0 Å². The van der Waals surface area contributed by atoms with Crippen molar-refractivity contribution >= 4 is 29.1 Å². The third-order valence-electron chi connectivity index (χ3n) is 5.32. The largest absolute Gasteiger partial charge is 0.507 e. The number of phenolic OH excluding ortho intramolecular Hbond substituents is 1. The molecule has 1 fully saturated rings. The van der Waals surface area contributed by atoms with Crippen molar-refractivity contribution < 1.29 is 29.3 Å². The number of carbonyl (C=O) groups is 2. The quantitative estimate of drug-likeness (QED) is 0.338. The SMILES string of the molecule is CCCCN1C(=O)C(=O)/C(=C(\O)c2ccc(OC)c(Cl)c2)C1c1ccc(O)c(OCC)c1. The number of hydrogen-bond donors (Lipinski definition) is 2. The standard InChI is InChI=1S/C24H26ClNO6/c1-4-6-11-26-21(14-7-9-17(27)19(13-14)32-5-2)20(23(29)24(26)30)22(28)15-8-10-18(31-3)16(25)12-15/h7-10,12-13,21,27-28H,4-6,11H2,1-3H3/b22-20-. The number of benzene rings is 2. The number of rotatable bonds is 8. The van der Waals surface area contributed by atoms with Crippen LogP contribution in [-0.4, -0.2) is 47.1 Å². The Bertz CT molecular complexity index is 1060. The summed E-state index contributed by atoms with van der Waals surface area (Å²) >= 11 is 6.20. The average Bonchev–Trinajstić information content (AvgIpc) is 3.03. The normalized spacial score (nSPS) is 17.6. The van der Waals surface area contributed by atoms with Gasteiger partial charge in [-0.15, -0.1) is 0 Å². The number of carbonyl (C=O) groups excluding carboxylic acids is 2. The lowest BCUT2D eigenvalue weighted by Gasteiger charge is -2.25. The van der Waals surface area contributed by atoms with Gasteiger partial charge in [0.15, 0.2) is 11.5 Å². The molecule has 1 heterocycles. The Kier molecular flexibility index (Phi) is 7.30. The number of hydrogen-bond acceptors (Lipinski definition) is 6. The maximum absolute atomic E-state index is 13.0. The molecule has 0 saturated carbocycles. The second-order valence-corrected chi connectivity index (χ2v) is 7.76. The number of methoxy groups -OCH3 is 1. The Morgan fingerprint density at radius 3 is 2.50 bits per heavy atom. The first-order valence-electron chi connectivity index (χ1n) is 10.4. The lowest BCUT2D eigenvalue weighted by atomic mass is 9.95. The number of likely N-dealkylation sites (tertiary alicyclic amines) is 1. The first-order valence-corrected chi connectivity index (χ1v) is 10.8. The molecule has 170 valence electrons. The molecule has 2 aromatic rings. The van der Waals surface area contributed by atoms with Crippen LogP contribution in [0.5, 0.6) is 17.2 Å². The zero-order valence-electron chi connectivity index (χ0n) is 18.2. The van der Waals surface area contributed by atoms with Crippen molar-refractivity contribution in [1.82, 2.24) is 4.90 Å². The summed E-state index contributed by atoms with van der Waals surface area (Å²) in [5, 5.41) is 21.5. The van der Waals surface area contributed by atoms with E-state index in [0.29, 0.717) is 30.9 Å². The smallest absolute Gasteiger partial charge is 0.295 e. The van der Waals surface area contributed by atoms with Crippen molar-refractivity contribution in [2.24, 2.45) is 0 Å². The second-order valence-electron chi connectivity index (χ2n) is 7.36. The molecule has 7 nitrogen and oxygen atoms in total. The highest BCUT2D eigenvalue weighted by atomic mass is 35.5. The highest BCUT2D eigenvalue weighted by Gasteiger charge is 2.46. The molecule has 1 amide bonds. The van der Waals surface area contributed by atoms with Crippen LogP contribution >= 0.6 is 11.6 Å². The molecule has 3 rings (SSSR count). The topological polar surface area (TPSA) is 96.3 Å². The van der Waals surface area contributed by atoms with E-state index in [9.17, 15) is 19.8 Å². The molecule has 1 aliphatic rings. The fraction of sp³-hybridized carbons (Fsp3) is 0.333. The molecule has 0 spiro atoms. The highest BCUT2D eigenvalue weighted by molar-refractivity contribution is 6.46. The molecule has 0 bridgehead atoms. The predicted molar refractivity (Wildman–Crippen MR) is 121 cm³/mol. The number of aliphatic hydroxyl groups excluding tert-OH is 1. The molecular weight excluding hydrogens is 434 g/mol. The van der Waals surface area contributed by atoms with Gasteiger partial charge < -0.3 is 24.6 Å². The first-order chi connectivity index (χ1) is 15.3. The molecule has 2 aromatic carbocycles. The number of unbranched alkanes of at least 4 members (excludes halogenated alkanes) is 1. The van der Waals surface area contributed by atoms with Gasteiger partial charge in [-0.2, -0.15) is 0 Å². The summed E-state index contributed by atoms with van der Waals surface area (Å²) in [6, 6.07) is 8.44. The maximum atomic E-state index is 13.0. The van der Waals surface area contributed by atoms with Crippen molar-refractivity contribution in [2.75, 3.05) is 20.3 Å². The number of halogens is 1. The molecule has 0 radical (unpaired) electrons. The molecular formula is C24H26ClNO6. The summed E-state index contributed by atoms with van der Waals surface area (Å²) in [4.78, 5) is 27.4. The van der Waals surface area contributed by atoms with E-state index in [2.05, 4.69) is 0 Å². The summed E-state index contributed by atoms with van der Waals surface area (Å²) in [6.07, 6.45) is 1.51. The lowest BCUT2D eigenvalue weighted by Crippen LogP contribution is -2.30. The van der Waals surface area contributed by atoms with Crippen LogP contribution in [0.3, 0.4) is 0 Å². The number of nitrogens with zero attached hydrogens (tertiary/aromatic N) is 1. The Labute approximate surface area is 191 Å². The van der Waals surface area contributed by atoms with Crippen LogP contribution in [0.1, 0.15) is 43.9 Å².